The van der Waals surface area contributed by atoms with E-state index in [0.717, 1.165) is 6.42 Å². The molecule has 114 valence electrons. The van der Waals surface area contributed by atoms with Crippen molar-refractivity contribution in [3.05, 3.63) is 35.4 Å². The average Bonchev–Trinajstić information content (AvgIpc) is 2.33. The topological polar surface area (TPSA) is 29.5 Å². The molecular weight excluding hydrogens is 269 g/mol. The van der Waals surface area contributed by atoms with Gasteiger partial charge in [0.1, 0.15) is 6.10 Å². The third kappa shape index (κ3) is 6.91. The minimum atomic E-state index is -4.22. The summed E-state index contributed by atoms with van der Waals surface area (Å²) in [6.07, 6.45) is -5.15. The van der Waals surface area contributed by atoms with Crippen LogP contribution in [0.25, 0.3) is 0 Å². The number of halogens is 3. The molecule has 0 aliphatic carbocycles. The number of benzene rings is 1. The normalized spacial score (nSPS) is 13.8. The maximum absolute atomic E-state index is 11.9. The quantitative estimate of drug-likeness (QED) is 0.772. The summed E-state index contributed by atoms with van der Waals surface area (Å²) >= 11 is 0. The average molecular weight is 290 g/mol. The van der Waals surface area contributed by atoms with Crippen LogP contribution in [0.5, 0.6) is 0 Å². The molecule has 0 saturated heterocycles. The van der Waals surface area contributed by atoms with Crippen LogP contribution in [0.3, 0.4) is 0 Å². The maximum atomic E-state index is 11.9. The molecule has 20 heavy (non-hydrogen) atoms. The van der Waals surface area contributed by atoms with E-state index >= 15 is 0 Å². The Labute approximate surface area is 117 Å². The predicted molar refractivity (Wildman–Crippen MR) is 71.4 cm³/mol. The fourth-order valence-corrected chi connectivity index (χ4v) is 1.83. The van der Waals surface area contributed by atoms with Crippen molar-refractivity contribution >= 4 is 0 Å². The summed E-state index contributed by atoms with van der Waals surface area (Å²) in [5, 5.41) is 9.82. The molecule has 0 radical (unpaired) electrons. The Morgan fingerprint density at radius 3 is 2.25 bits per heavy atom. The van der Waals surface area contributed by atoms with Crippen molar-refractivity contribution in [2.24, 2.45) is 5.92 Å². The summed E-state index contributed by atoms with van der Waals surface area (Å²) < 4.78 is 40.6. The molecule has 0 aliphatic heterocycles. The first-order chi connectivity index (χ1) is 9.28. The fourth-order valence-electron chi connectivity index (χ4n) is 1.83. The minimum absolute atomic E-state index is 0.125. The van der Waals surface area contributed by atoms with Gasteiger partial charge < -0.3 is 9.84 Å². The molecule has 1 N–H and O–H groups in total. The molecular formula is C15H21F3O2. The van der Waals surface area contributed by atoms with E-state index in [4.69, 9.17) is 4.74 Å². The van der Waals surface area contributed by atoms with Gasteiger partial charge in [0, 0.05) is 0 Å². The summed E-state index contributed by atoms with van der Waals surface area (Å²) in [6, 6.07) is 7.42. The van der Waals surface area contributed by atoms with Crippen molar-refractivity contribution in [3.63, 3.8) is 0 Å². The third-order valence-electron chi connectivity index (χ3n) is 2.81. The summed E-state index contributed by atoms with van der Waals surface area (Å²) in [5.41, 5.74) is 1.83. The Hall–Kier alpha value is -1.07. The second kappa shape index (κ2) is 7.64. The van der Waals surface area contributed by atoms with Crippen molar-refractivity contribution in [1.29, 1.82) is 0 Å². The first kappa shape index (κ1) is 17.0. The molecule has 0 bridgehead atoms. The lowest BCUT2D eigenvalue weighted by atomic mass is 10.0. The smallest absolute Gasteiger partial charge is 0.386 e. The molecule has 2 nitrogen and oxygen atoms in total. The number of ether oxygens (including phenoxy) is 1. The number of hydrogen-bond acceptors (Lipinski definition) is 2. The second-order valence-corrected chi connectivity index (χ2v) is 5.30. The van der Waals surface area contributed by atoms with Gasteiger partial charge in [-0.2, -0.15) is 13.2 Å². The van der Waals surface area contributed by atoms with Crippen LogP contribution in [0.2, 0.25) is 0 Å². The summed E-state index contributed by atoms with van der Waals surface area (Å²) in [5.74, 6) is 0.552. The van der Waals surface area contributed by atoms with E-state index in [9.17, 15) is 18.3 Å². The lowest BCUT2D eigenvalue weighted by Crippen LogP contribution is -2.14. The molecule has 0 heterocycles. The van der Waals surface area contributed by atoms with Gasteiger partial charge in [-0.25, -0.2) is 0 Å². The Morgan fingerprint density at radius 1 is 1.15 bits per heavy atom. The SMILES string of the molecule is CC(C)Cc1ccc(C(O)COCCC(F)(F)F)cc1. The highest BCUT2D eigenvalue weighted by Crippen LogP contribution is 2.20. The summed E-state index contributed by atoms with van der Waals surface area (Å²) in [7, 11) is 0. The minimum Gasteiger partial charge on any atom is -0.386 e. The lowest BCUT2D eigenvalue weighted by Gasteiger charge is -2.13. The van der Waals surface area contributed by atoms with Crippen molar-refractivity contribution in [3.8, 4) is 0 Å². The van der Waals surface area contributed by atoms with Gasteiger partial charge in [-0.15, -0.1) is 0 Å². The van der Waals surface area contributed by atoms with Crippen molar-refractivity contribution in [2.45, 2.75) is 39.0 Å². The number of aliphatic hydroxyl groups is 1. The Kier molecular flexibility index (Phi) is 6.49. The number of hydrogen-bond donors (Lipinski definition) is 1. The first-order valence-electron chi connectivity index (χ1n) is 6.69. The molecule has 0 amide bonds. The Morgan fingerprint density at radius 2 is 1.75 bits per heavy atom. The largest absolute Gasteiger partial charge is 0.391 e. The number of alkyl halides is 3. The highest BCUT2D eigenvalue weighted by Gasteiger charge is 2.26. The highest BCUT2D eigenvalue weighted by atomic mass is 19.4. The molecule has 1 unspecified atom stereocenters. The van der Waals surface area contributed by atoms with E-state index in [0.29, 0.717) is 11.5 Å². The van der Waals surface area contributed by atoms with Gasteiger partial charge in [-0.05, 0) is 23.5 Å². The molecule has 0 spiro atoms. The van der Waals surface area contributed by atoms with Crippen LogP contribution in [0.1, 0.15) is 37.5 Å². The van der Waals surface area contributed by atoms with E-state index < -0.39 is 25.3 Å². The van der Waals surface area contributed by atoms with Crippen LogP contribution in [0.15, 0.2) is 24.3 Å². The molecule has 0 aliphatic rings. The summed E-state index contributed by atoms with van der Waals surface area (Å²) in [6.45, 7) is 3.69. The first-order valence-corrected chi connectivity index (χ1v) is 6.69. The Bertz CT molecular complexity index is 385. The lowest BCUT2D eigenvalue weighted by molar-refractivity contribution is -0.147. The monoisotopic (exact) mass is 290 g/mol. The van der Waals surface area contributed by atoms with E-state index in [1.807, 2.05) is 12.1 Å². The van der Waals surface area contributed by atoms with Crippen LogP contribution in [0, 0.1) is 5.92 Å². The van der Waals surface area contributed by atoms with Crippen LogP contribution >= 0.6 is 0 Å². The Balaban J connectivity index is 2.38. The van der Waals surface area contributed by atoms with Crippen molar-refractivity contribution in [1.82, 2.24) is 0 Å². The van der Waals surface area contributed by atoms with E-state index in [1.54, 1.807) is 12.1 Å². The summed E-state index contributed by atoms with van der Waals surface area (Å²) in [4.78, 5) is 0. The van der Waals surface area contributed by atoms with Crippen LogP contribution in [0.4, 0.5) is 13.2 Å². The van der Waals surface area contributed by atoms with Gasteiger partial charge in [0.2, 0.25) is 0 Å². The van der Waals surface area contributed by atoms with Crippen molar-refractivity contribution < 1.29 is 23.0 Å². The zero-order valence-corrected chi connectivity index (χ0v) is 11.8. The number of rotatable bonds is 7. The van der Waals surface area contributed by atoms with Gasteiger partial charge in [-0.3, -0.25) is 0 Å². The van der Waals surface area contributed by atoms with Gasteiger partial charge in [0.25, 0.3) is 0 Å². The molecule has 0 aromatic heterocycles. The van der Waals surface area contributed by atoms with Crippen LogP contribution < -0.4 is 0 Å². The molecule has 1 aromatic rings. The predicted octanol–water partition coefficient (Wildman–Crippen LogP) is 3.89. The van der Waals surface area contributed by atoms with Gasteiger partial charge in [0.05, 0.1) is 19.6 Å². The zero-order valence-electron chi connectivity index (χ0n) is 11.8. The molecule has 5 heteroatoms. The van der Waals surface area contributed by atoms with Gasteiger partial charge in [-0.1, -0.05) is 38.1 Å². The van der Waals surface area contributed by atoms with Crippen LogP contribution in [-0.4, -0.2) is 24.5 Å². The second-order valence-electron chi connectivity index (χ2n) is 5.30. The molecule has 1 aromatic carbocycles. The molecule has 0 fully saturated rings. The standard InChI is InChI=1S/C15H21F3O2/c1-11(2)9-12-3-5-13(6-4-12)14(19)10-20-8-7-15(16,17)18/h3-6,11,14,19H,7-10H2,1-2H3. The van der Waals surface area contributed by atoms with Gasteiger partial charge in [0.15, 0.2) is 0 Å². The fraction of sp³-hybridized carbons (Fsp3) is 0.600. The third-order valence-corrected chi connectivity index (χ3v) is 2.81. The zero-order chi connectivity index (χ0) is 15.2. The van der Waals surface area contributed by atoms with E-state index in [1.165, 1.54) is 5.56 Å². The van der Waals surface area contributed by atoms with Gasteiger partial charge >= 0.3 is 6.18 Å². The maximum Gasteiger partial charge on any atom is 0.391 e. The van der Waals surface area contributed by atoms with E-state index in [-0.39, 0.29) is 6.61 Å². The van der Waals surface area contributed by atoms with Crippen LogP contribution in [-0.2, 0) is 11.2 Å². The van der Waals surface area contributed by atoms with E-state index in [2.05, 4.69) is 13.8 Å². The molecule has 1 atom stereocenters. The van der Waals surface area contributed by atoms with Crippen molar-refractivity contribution in [2.75, 3.05) is 13.2 Å². The molecule has 1 rings (SSSR count). The molecule has 0 saturated carbocycles. The highest BCUT2D eigenvalue weighted by molar-refractivity contribution is 5.24. The number of aliphatic hydroxyl groups excluding tert-OH is 1.